The molecule has 1 heterocycles. The highest BCUT2D eigenvalue weighted by Crippen LogP contribution is 2.05. The zero-order valence-corrected chi connectivity index (χ0v) is 5.46. The van der Waals surface area contributed by atoms with E-state index in [4.69, 9.17) is 0 Å². The van der Waals surface area contributed by atoms with Gasteiger partial charge in [-0.2, -0.15) is 0 Å². The molecule has 8 heavy (non-hydrogen) atoms. The van der Waals surface area contributed by atoms with Crippen molar-refractivity contribution >= 4 is 24.2 Å². The first-order valence-corrected chi connectivity index (χ1v) is 3.06. The van der Waals surface area contributed by atoms with Crippen molar-refractivity contribution in [3.63, 3.8) is 0 Å². The smallest absolute Gasteiger partial charge is 0.307 e. The van der Waals surface area contributed by atoms with Crippen molar-refractivity contribution in [3.05, 3.63) is 15.0 Å². The van der Waals surface area contributed by atoms with Gasteiger partial charge in [0, 0.05) is 12.9 Å². The molecule has 1 aromatic rings. The number of hydrogen-bond acceptors (Lipinski definition) is 4. The molecule has 1 rings (SSSR count). The summed E-state index contributed by atoms with van der Waals surface area (Å²) in [6.07, 6.45) is 0. The summed E-state index contributed by atoms with van der Waals surface area (Å²) in [6, 6.07) is 0. The van der Waals surface area contributed by atoms with Crippen LogP contribution in [0.4, 0.5) is 0 Å². The Morgan fingerprint density at radius 1 is 1.88 bits per heavy atom. The number of rotatable bonds is 1. The lowest BCUT2D eigenvalue weighted by Gasteiger charge is -1.83. The largest absolute Gasteiger partial charge is 0.410 e. The van der Waals surface area contributed by atoms with Gasteiger partial charge in [0.1, 0.15) is 0 Å². The van der Waals surface area contributed by atoms with Gasteiger partial charge in [0.2, 0.25) is 5.88 Å². The average molecular weight is 149 g/mol. The van der Waals surface area contributed by atoms with Crippen molar-refractivity contribution < 1.29 is 4.18 Å². The van der Waals surface area contributed by atoms with E-state index in [-0.39, 0.29) is 4.87 Å². The summed E-state index contributed by atoms with van der Waals surface area (Å²) in [6.45, 7) is 0. The Kier molecular flexibility index (Phi) is 1.59. The molecule has 0 spiro atoms. The Bertz CT molecular complexity index is 215. The number of aromatic amines is 1. The summed E-state index contributed by atoms with van der Waals surface area (Å²) in [5, 5.41) is 1.55. The second-order valence-electron chi connectivity index (χ2n) is 1.10. The molecule has 44 valence electrons. The quantitative estimate of drug-likeness (QED) is 0.455. The minimum Gasteiger partial charge on any atom is -0.410 e. The third-order valence-corrected chi connectivity index (χ3v) is 1.44. The summed E-state index contributed by atoms with van der Waals surface area (Å²) in [7, 11) is 0. The topological polar surface area (TPSA) is 42.1 Å². The number of H-pyrrole nitrogens is 1. The zero-order valence-electron chi connectivity index (χ0n) is 3.75. The van der Waals surface area contributed by atoms with Crippen molar-refractivity contribution in [1.82, 2.24) is 4.98 Å². The molecular weight excluding hydrogens is 146 g/mol. The van der Waals surface area contributed by atoms with Crippen molar-refractivity contribution in [2.45, 2.75) is 0 Å². The fourth-order valence-corrected chi connectivity index (χ4v) is 0.961. The molecule has 0 fully saturated rings. The molecule has 0 aliphatic heterocycles. The van der Waals surface area contributed by atoms with E-state index < -0.39 is 0 Å². The fraction of sp³-hybridized carbons (Fsp3) is 0. The van der Waals surface area contributed by atoms with Gasteiger partial charge in [0.05, 0.1) is 5.38 Å². The minimum atomic E-state index is -0.131. The Hall–Kier alpha value is -0.420. The lowest BCUT2D eigenvalue weighted by atomic mass is 10.9. The van der Waals surface area contributed by atoms with Gasteiger partial charge < -0.3 is 4.18 Å². The van der Waals surface area contributed by atoms with E-state index in [9.17, 15) is 4.79 Å². The highest BCUT2D eigenvalue weighted by molar-refractivity contribution is 7.75. The summed E-state index contributed by atoms with van der Waals surface area (Å²) in [5.41, 5.74) is 0. The van der Waals surface area contributed by atoms with E-state index in [1.54, 1.807) is 5.38 Å². The number of thiol groups is 1. The van der Waals surface area contributed by atoms with Gasteiger partial charge >= 0.3 is 4.87 Å². The second-order valence-corrected chi connectivity index (χ2v) is 2.13. The van der Waals surface area contributed by atoms with Crippen molar-refractivity contribution in [2.24, 2.45) is 0 Å². The first-order valence-electron chi connectivity index (χ1n) is 1.82. The normalized spacial score (nSPS) is 9.12. The van der Waals surface area contributed by atoms with Crippen LogP contribution in [-0.4, -0.2) is 4.98 Å². The van der Waals surface area contributed by atoms with Gasteiger partial charge in [-0.05, 0) is 0 Å². The van der Waals surface area contributed by atoms with Gasteiger partial charge in [-0.15, -0.1) is 0 Å². The Morgan fingerprint density at radius 3 is 2.88 bits per heavy atom. The molecule has 1 N–H and O–H groups in total. The maximum absolute atomic E-state index is 10.3. The molecule has 0 amide bonds. The molecule has 3 nitrogen and oxygen atoms in total. The lowest BCUT2D eigenvalue weighted by Crippen LogP contribution is -1.90. The van der Waals surface area contributed by atoms with Crippen LogP contribution in [0.5, 0.6) is 5.88 Å². The van der Waals surface area contributed by atoms with E-state index in [2.05, 4.69) is 22.1 Å². The van der Waals surface area contributed by atoms with Crippen LogP contribution in [0.2, 0.25) is 0 Å². The van der Waals surface area contributed by atoms with E-state index in [0.29, 0.717) is 5.88 Å². The molecule has 0 aliphatic rings. The van der Waals surface area contributed by atoms with Gasteiger partial charge in [0.25, 0.3) is 0 Å². The third kappa shape index (κ3) is 1.05. The third-order valence-electron chi connectivity index (χ3n) is 0.597. The van der Waals surface area contributed by atoms with Crippen LogP contribution in [0.25, 0.3) is 0 Å². The highest BCUT2D eigenvalue weighted by Gasteiger charge is 1.90. The number of aromatic nitrogens is 1. The summed E-state index contributed by atoms with van der Waals surface area (Å²) in [4.78, 5) is 12.6. The first kappa shape index (κ1) is 5.71. The van der Waals surface area contributed by atoms with Gasteiger partial charge in [-0.3, -0.25) is 9.78 Å². The lowest BCUT2D eigenvalue weighted by molar-refractivity contribution is 0.632. The van der Waals surface area contributed by atoms with Gasteiger partial charge in [-0.1, -0.05) is 11.3 Å². The average Bonchev–Trinajstić information content (AvgIpc) is 2.14. The number of hydrogen-bond donors (Lipinski definition) is 2. The molecule has 5 heteroatoms. The Balaban J connectivity index is 3.01. The van der Waals surface area contributed by atoms with E-state index in [1.807, 2.05) is 0 Å². The molecule has 1 aromatic heterocycles. The first-order chi connectivity index (χ1) is 3.83. The van der Waals surface area contributed by atoms with E-state index in [0.717, 1.165) is 11.3 Å². The van der Waals surface area contributed by atoms with Crippen LogP contribution in [0, 0.1) is 0 Å². The fourth-order valence-electron chi connectivity index (χ4n) is 0.311. The highest BCUT2D eigenvalue weighted by atomic mass is 32.1. The van der Waals surface area contributed by atoms with Crippen molar-refractivity contribution in [2.75, 3.05) is 0 Å². The second kappa shape index (κ2) is 2.23. The molecule has 0 atom stereocenters. The predicted octanol–water partition coefficient (Wildman–Crippen LogP) is 0.660. The molecule has 0 bridgehead atoms. The molecule has 0 saturated heterocycles. The van der Waals surface area contributed by atoms with Crippen LogP contribution in [0.3, 0.4) is 0 Å². The van der Waals surface area contributed by atoms with Crippen LogP contribution in [-0.2, 0) is 0 Å². The summed E-state index contributed by atoms with van der Waals surface area (Å²) in [5.74, 6) is 0.392. The maximum Gasteiger partial charge on any atom is 0.307 e. The SMILES string of the molecule is O=c1[nH]c(OS)cs1. The van der Waals surface area contributed by atoms with Crippen molar-refractivity contribution in [3.8, 4) is 5.88 Å². The summed E-state index contributed by atoms with van der Waals surface area (Å²) >= 11 is 4.50. The van der Waals surface area contributed by atoms with E-state index >= 15 is 0 Å². The number of nitrogens with one attached hydrogen (secondary N) is 1. The minimum absolute atomic E-state index is 0.131. The molecule has 0 radical (unpaired) electrons. The molecule has 0 saturated carbocycles. The Labute approximate surface area is 54.9 Å². The molecule has 0 aliphatic carbocycles. The van der Waals surface area contributed by atoms with Gasteiger partial charge in [0.15, 0.2) is 0 Å². The van der Waals surface area contributed by atoms with Crippen molar-refractivity contribution in [1.29, 1.82) is 0 Å². The maximum atomic E-state index is 10.3. The summed E-state index contributed by atoms with van der Waals surface area (Å²) < 4.78 is 4.38. The van der Waals surface area contributed by atoms with Crippen LogP contribution < -0.4 is 9.06 Å². The van der Waals surface area contributed by atoms with Gasteiger partial charge in [-0.25, -0.2) is 0 Å². The Morgan fingerprint density at radius 2 is 2.62 bits per heavy atom. The molecule has 0 unspecified atom stereocenters. The molecule has 0 aromatic carbocycles. The van der Waals surface area contributed by atoms with Crippen LogP contribution in [0.1, 0.15) is 0 Å². The standard InChI is InChI=1S/C3H3NO2S2/c5-3-4-2(6-7)1-8-3/h1,7H,(H,4,5). The monoisotopic (exact) mass is 149 g/mol. The zero-order chi connectivity index (χ0) is 5.98. The van der Waals surface area contributed by atoms with Crippen LogP contribution >= 0.6 is 24.2 Å². The molecular formula is C3H3NO2S2. The predicted molar refractivity (Wildman–Crippen MR) is 34.6 cm³/mol. The van der Waals surface area contributed by atoms with Crippen LogP contribution in [0.15, 0.2) is 10.2 Å². The number of thiazole rings is 1. The van der Waals surface area contributed by atoms with E-state index in [1.165, 1.54) is 0 Å².